The average molecular weight is 330 g/mol. The molecule has 1 unspecified atom stereocenters. The van der Waals surface area contributed by atoms with Gasteiger partial charge in [-0.15, -0.1) is 0 Å². The van der Waals surface area contributed by atoms with Gasteiger partial charge in [-0.2, -0.15) is 0 Å². The van der Waals surface area contributed by atoms with Gasteiger partial charge in [0.1, 0.15) is 10.4 Å². The summed E-state index contributed by atoms with van der Waals surface area (Å²) in [6.45, 7) is 5.81. The Morgan fingerprint density at radius 2 is 2.21 bits per heavy atom. The average Bonchev–Trinajstić information content (AvgIpc) is 2.35. The van der Waals surface area contributed by atoms with E-state index in [1.807, 2.05) is 13.8 Å². The molecular weight excluding hydrogens is 314 g/mol. The molecule has 0 N–H and O–H groups in total. The number of halogens is 1. The molecule has 1 rings (SSSR count). The van der Waals surface area contributed by atoms with Gasteiger partial charge in [0.05, 0.1) is 6.61 Å². The van der Waals surface area contributed by atoms with E-state index in [1.54, 1.807) is 19.2 Å². The van der Waals surface area contributed by atoms with Gasteiger partial charge in [-0.25, -0.2) is 9.78 Å². The summed E-state index contributed by atoms with van der Waals surface area (Å²) < 4.78 is 10.8. The number of ether oxygens (including phenoxy) is 2. The lowest BCUT2D eigenvalue weighted by Crippen LogP contribution is -2.31. The quantitative estimate of drug-likeness (QED) is 0.347. The molecule has 0 aliphatic rings. The van der Waals surface area contributed by atoms with Crippen molar-refractivity contribution in [1.82, 2.24) is 4.98 Å². The van der Waals surface area contributed by atoms with E-state index in [2.05, 4.69) is 20.9 Å². The second-order valence-corrected chi connectivity index (χ2v) is 4.94. The number of hydrogen-bond acceptors (Lipinski definition) is 5. The van der Waals surface area contributed by atoms with Crippen molar-refractivity contribution in [3.05, 3.63) is 22.4 Å². The van der Waals surface area contributed by atoms with E-state index < -0.39 is 12.1 Å². The highest BCUT2D eigenvalue weighted by Crippen LogP contribution is 2.28. The van der Waals surface area contributed by atoms with Crippen LogP contribution >= 0.6 is 15.9 Å². The van der Waals surface area contributed by atoms with E-state index in [0.29, 0.717) is 16.6 Å². The Bertz CT molecular complexity index is 462. The van der Waals surface area contributed by atoms with E-state index >= 15 is 0 Å². The molecule has 5 nitrogen and oxygen atoms in total. The summed E-state index contributed by atoms with van der Waals surface area (Å²) >= 11 is 3.23. The van der Waals surface area contributed by atoms with Crippen LogP contribution in [0, 0.1) is 0 Å². The number of rotatable bonds is 6. The molecule has 0 saturated carbocycles. The second-order valence-electron chi connectivity index (χ2n) is 4.13. The van der Waals surface area contributed by atoms with Gasteiger partial charge in [-0.1, -0.05) is 13.8 Å². The van der Waals surface area contributed by atoms with Crippen molar-refractivity contribution in [2.24, 2.45) is 0 Å². The van der Waals surface area contributed by atoms with Crippen LogP contribution in [0.25, 0.3) is 0 Å². The Morgan fingerprint density at radius 3 is 2.74 bits per heavy atom. The third-order valence-electron chi connectivity index (χ3n) is 2.38. The summed E-state index contributed by atoms with van der Waals surface area (Å²) in [6.07, 6.45) is 0.819. The zero-order chi connectivity index (χ0) is 14.4. The van der Waals surface area contributed by atoms with E-state index in [9.17, 15) is 9.59 Å². The maximum Gasteiger partial charge on any atom is 0.354 e. The van der Waals surface area contributed by atoms with E-state index in [0.717, 1.165) is 5.56 Å². The van der Waals surface area contributed by atoms with Gasteiger partial charge < -0.3 is 9.47 Å². The number of nitrogens with zero attached hydrogens (tertiary/aromatic N) is 1. The highest BCUT2D eigenvalue weighted by Gasteiger charge is 2.23. The van der Waals surface area contributed by atoms with Crippen LogP contribution in [0.15, 0.2) is 16.9 Å². The van der Waals surface area contributed by atoms with Crippen molar-refractivity contribution >= 4 is 28.2 Å². The molecule has 0 fully saturated rings. The lowest BCUT2D eigenvalue weighted by atomic mass is 10.1. The second kappa shape index (κ2) is 7.23. The molecule has 1 heterocycles. The molecule has 0 aromatic carbocycles. The van der Waals surface area contributed by atoms with E-state index in [-0.39, 0.29) is 12.5 Å². The zero-order valence-corrected chi connectivity index (χ0v) is 12.6. The summed E-state index contributed by atoms with van der Waals surface area (Å²) in [6, 6.07) is 1.63. The fraction of sp³-hybridized carbons (Fsp3) is 0.462. The number of esters is 1. The molecule has 0 amide bonds. The van der Waals surface area contributed by atoms with E-state index in [4.69, 9.17) is 9.47 Å². The highest BCUT2D eigenvalue weighted by molar-refractivity contribution is 9.10. The predicted octanol–water partition coefficient (Wildman–Crippen LogP) is 2.48. The molecule has 104 valence electrons. The molecular formula is C13H16BrNO4. The van der Waals surface area contributed by atoms with Crippen molar-refractivity contribution in [1.29, 1.82) is 0 Å². The van der Waals surface area contributed by atoms with Crippen LogP contribution < -0.4 is 4.74 Å². The van der Waals surface area contributed by atoms with Crippen LogP contribution in [0.2, 0.25) is 0 Å². The first-order chi connectivity index (χ1) is 8.99. The van der Waals surface area contributed by atoms with Crippen LogP contribution in [-0.4, -0.2) is 30.0 Å². The molecule has 0 saturated heterocycles. The van der Waals surface area contributed by atoms with Crippen molar-refractivity contribution in [3.8, 4) is 5.75 Å². The zero-order valence-electron chi connectivity index (χ0n) is 11.1. The summed E-state index contributed by atoms with van der Waals surface area (Å²) in [7, 11) is 0. The third kappa shape index (κ3) is 4.31. The smallest absolute Gasteiger partial charge is 0.354 e. The van der Waals surface area contributed by atoms with Crippen LogP contribution in [0.5, 0.6) is 5.75 Å². The summed E-state index contributed by atoms with van der Waals surface area (Å²) in [5.74, 6) is -0.0905. The van der Waals surface area contributed by atoms with Gasteiger partial charge in [0, 0.05) is 17.8 Å². The van der Waals surface area contributed by atoms with Gasteiger partial charge in [-0.3, -0.25) is 4.79 Å². The van der Waals surface area contributed by atoms with Crippen molar-refractivity contribution in [2.75, 3.05) is 6.61 Å². The Hall–Kier alpha value is -1.43. The number of carbonyl (C=O) groups excluding carboxylic acids is 2. The Labute approximate surface area is 120 Å². The number of aromatic nitrogens is 1. The molecule has 0 aliphatic heterocycles. The molecule has 6 heteroatoms. The minimum atomic E-state index is -1.26. The minimum absolute atomic E-state index is 0.157. The van der Waals surface area contributed by atoms with Crippen molar-refractivity contribution < 1.29 is 19.1 Å². The molecule has 0 bridgehead atoms. The summed E-state index contributed by atoms with van der Waals surface area (Å²) in [5, 5.41) is 0. The number of hydrogen-bond donors (Lipinski definition) is 0. The monoisotopic (exact) mass is 329 g/mol. The largest absolute Gasteiger partial charge is 0.471 e. The first-order valence-electron chi connectivity index (χ1n) is 5.93. The van der Waals surface area contributed by atoms with Gasteiger partial charge in [0.15, 0.2) is 6.29 Å². The van der Waals surface area contributed by atoms with Gasteiger partial charge >= 0.3 is 5.97 Å². The van der Waals surface area contributed by atoms with Gasteiger partial charge in [0.25, 0.3) is 0 Å². The summed E-state index contributed by atoms with van der Waals surface area (Å²) in [4.78, 5) is 26.6. The minimum Gasteiger partial charge on any atom is -0.471 e. The maximum atomic E-state index is 11.5. The lowest BCUT2D eigenvalue weighted by Gasteiger charge is -2.17. The number of carbonyl (C=O) groups is 2. The standard InChI is InChI=1S/C13H16BrNO4/c1-4-18-13(17)11(7-16)19-10-5-12(14)15-6-9(10)8(2)3/h5-8,11H,4H2,1-3H3. The Morgan fingerprint density at radius 1 is 1.53 bits per heavy atom. The fourth-order valence-electron chi connectivity index (χ4n) is 1.45. The van der Waals surface area contributed by atoms with Crippen LogP contribution in [-0.2, 0) is 14.3 Å². The third-order valence-corrected chi connectivity index (χ3v) is 2.81. The summed E-state index contributed by atoms with van der Waals surface area (Å²) in [5.41, 5.74) is 0.819. The lowest BCUT2D eigenvalue weighted by molar-refractivity contribution is -0.152. The van der Waals surface area contributed by atoms with Crippen molar-refractivity contribution in [3.63, 3.8) is 0 Å². The molecule has 1 atom stereocenters. The molecule has 1 aromatic heterocycles. The predicted molar refractivity (Wildman–Crippen MR) is 73.1 cm³/mol. The molecule has 0 spiro atoms. The molecule has 0 radical (unpaired) electrons. The molecule has 0 aliphatic carbocycles. The van der Waals surface area contributed by atoms with Gasteiger partial charge in [0.2, 0.25) is 6.10 Å². The SMILES string of the molecule is CCOC(=O)C(C=O)Oc1cc(Br)ncc1C(C)C. The normalized spacial score (nSPS) is 12.1. The van der Waals surface area contributed by atoms with Crippen LogP contribution in [0.1, 0.15) is 32.3 Å². The fourth-order valence-corrected chi connectivity index (χ4v) is 1.76. The Kier molecular flexibility index (Phi) is 5.95. The topological polar surface area (TPSA) is 65.5 Å². The highest BCUT2D eigenvalue weighted by atomic mass is 79.9. The number of pyridine rings is 1. The van der Waals surface area contributed by atoms with E-state index in [1.165, 1.54) is 0 Å². The first kappa shape index (κ1) is 15.6. The maximum absolute atomic E-state index is 11.5. The Balaban J connectivity index is 2.99. The number of aldehydes is 1. The van der Waals surface area contributed by atoms with Crippen LogP contribution in [0.4, 0.5) is 0 Å². The van der Waals surface area contributed by atoms with Crippen LogP contribution in [0.3, 0.4) is 0 Å². The first-order valence-corrected chi connectivity index (χ1v) is 6.72. The van der Waals surface area contributed by atoms with Crippen molar-refractivity contribution in [2.45, 2.75) is 32.8 Å². The molecule has 1 aromatic rings. The van der Waals surface area contributed by atoms with Gasteiger partial charge in [-0.05, 0) is 28.8 Å². The molecule has 19 heavy (non-hydrogen) atoms.